The number of aromatic hydroxyl groups is 1. The van der Waals surface area contributed by atoms with Crippen molar-refractivity contribution in [3.63, 3.8) is 0 Å². The van der Waals surface area contributed by atoms with Crippen LogP contribution in [0.5, 0.6) is 5.75 Å². The molecule has 0 fully saturated rings. The molecule has 0 spiro atoms. The van der Waals surface area contributed by atoms with Crippen molar-refractivity contribution >= 4 is 33.7 Å². The van der Waals surface area contributed by atoms with Crippen LogP contribution in [0.4, 0.5) is 5.69 Å². The van der Waals surface area contributed by atoms with Crippen molar-refractivity contribution in [1.82, 2.24) is 5.43 Å². The number of hydrazone groups is 1. The molecule has 2 aromatic rings. The predicted molar refractivity (Wildman–Crippen MR) is 101 cm³/mol. The third-order valence-electron chi connectivity index (χ3n) is 3.60. The SMILES string of the molecule is CCN(CC)c1ccc(C=NNC(=O)c2cccc(Br)c2)c(O)c1. The number of carbonyl (C=O) groups excluding carboxylic acids is 1. The van der Waals surface area contributed by atoms with Gasteiger partial charge in [-0.3, -0.25) is 4.79 Å². The molecular formula is C18H20BrN3O2. The zero-order chi connectivity index (χ0) is 17.5. The number of anilines is 1. The highest BCUT2D eigenvalue weighted by Crippen LogP contribution is 2.23. The van der Waals surface area contributed by atoms with Gasteiger partial charge in [0, 0.05) is 40.4 Å². The summed E-state index contributed by atoms with van der Waals surface area (Å²) in [6.45, 7) is 5.86. The lowest BCUT2D eigenvalue weighted by molar-refractivity contribution is 0.0955. The molecule has 24 heavy (non-hydrogen) atoms. The molecule has 126 valence electrons. The molecule has 0 aliphatic rings. The van der Waals surface area contributed by atoms with Gasteiger partial charge in [0.05, 0.1) is 6.21 Å². The summed E-state index contributed by atoms with van der Waals surface area (Å²) in [6.07, 6.45) is 1.43. The lowest BCUT2D eigenvalue weighted by atomic mass is 10.2. The van der Waals surface area contributed by atoms with E-state index in [1.807, 2.05) is 12.1 Å². The van der Waals surface area contributed by atoms with E-state index in [1.54, 1.807) is 30.3 Å². The number of hydrogen-bond donors (Lipinski definition) is 2. The summed E-state index contributed by atoms with van der Waals surface area (Å²) in [5, 5.41) is 14.0. The third kappa shape index (κ3) is 4.58. The van der Waals surface area contributed by atoms with Crippen LogP contribution in [0.2, 0.25) is 0 Å². The van der Waals surface area contributed by atoms with Crippen molar-refractivity contribution in [2.75, 3.05) is 18.0 Å². The van der Waals surface area contributed by atoms with E-state index < -0.39 is 0 Å². The second-order valence-corrected chi connectivity index (χ2v) is 6.04. The summed E-state index contributed by atoms with van der Waals surface area (Å²) >= 11 is 3.32. The quantitative estimate of drug-likeness (QED) is 0.583. The Hall–Kier alpha value is -2.34. The van der Waals surface area contributed by atoms with Crippen LogP contribution in [0.1, 0.15) is 29.8 Å². The highest BCUT2D eigenvalue weighted by Gasteiger charge is 2.06. The summed E-state index contributed by atoms with van der Waals surface area (Å²) < 4.78 is 0.823. The zero-order valence-corrected chi connectivity index (χ0v) is 15.2. The second-order valence-electron chi connectivity index (χ2n) is 5.12. The van der Waals surface area contributed by atoms with Gasteiger partial charge in [-0.05, 0) is 44.2 Å². The largest absolute Gasteiger partial charge is 0.507 e. The summed E-state index contributed by atoms with van der Waals surface area (Å²) in [7, 11) is 0. The maximum Gasteiger partial charge on any atom is 0.271 e. The third-order valence-corrected chi connectivity index (χ3v) is 4.09. The van der Waals surface area contributed by atoms with Crippen LogP contribution < -0.4 is 10.3 Å². The molecular weight excluding hydrogens is 370 g/mol. The highest BCUT2D eigenvalue weighted by molar-refractivity contribution is 9.10. The monoisotopic (exact) mass is 389 g/mol. The minimum atomic E-state index is -0.313. The Kier molecular flexibility index (Phi) is 6.37. The molecule has 2 aromatic carbocycles. The fraction of sp³-hybridized carbons (Fsp3) is 0.222. The molecule has 0 bridgehead atoms. The summed E-state index contributed by atoms with van der Waals surface area (Å²) in [4.78, 5) is 14.1. The number of benzene rings is 2. The van der Waals surface area contributed by atoms with Gasteiger partial charge in [-0.15, -0.1) is 0 Å². The number of phenols is 1. The Morgan fingerprint density at radius 1 is 1.25 bits per heavy atom. The number of nitrogens with one attached hydrogen (secondary N) is 1. The van der Waals surface area contributed by atoms with Gasteiger partial charge in [-0.1, -0.05) is 22.0 Å². The van der Waals surface area contributed by atoms with Crippen molar-refractivity contribution in [3.05, 3.63) is 58.1 Å². The van der Waals surface area contributed by atoms with Gasteiger partial charge in [0.2, 0.25) is 0 Å². The lowest BCUT2D eigenvalue weighted by Gasteiger charge is -2.21. The fourth-order valence-corrected chi connectivity index (χ4v) is 2.68. The van der Waals surface area contributed by atoms with Crippen LogP contribution >= 0.6 is 15.9 Å². The molecule has 2 N–H and O–H groups in total. The van der Waals surface area contributed by atoms with Gasteiger partial charge in [0.1, 0.15) is 5.75 Å². The molecule has 0 radical (unpaired) electrons. The topological polar surface area (TPSA) is 64.9 Å². The molecule has 0 aromatic heterocycles. The summed E-state index contributed by atoms with van der Waals surface area (Å²) in [5.74, 6) is -0.188. The minimum absolute atomic E-state index is 0.125. The molecule has 0 unspecified atom stereocenters. The first-order valence-corrected chi connectivity index (χ1v) is 8.51. The molecule has 0 heterocycles. The first-order valence-electron chi connectivity index (χ1n) is 7.72. The van der Waals surface area contributed by atoms with Crippen LogP contribution in [0.25, 0.3) is 0 Å². The number of amides is 1. The van der Waals surface area contributed by atoms with Gasteiger partial charge < -0.3 is 10.0 Å². The van der Waals surface area contributed by atoms with E-state index in [-0.39, 0.29) is 11.7 Å². The van der Waals surface area contributed by atoms with E-state index in [9.17, 15) is 9.90 Å². The molecule has 0 aliphatic heterocycles. The molecule has 1 amide bonds. The van der Waals surface area contributed by atoms with Crippen LogP contribution in [-0.2, 0) is 0 Å². The van der Waals surface area contributed by atoms with Crippen LogP contribution in [0.15, 0.2) is 52.0 Å². The highest BCUT2D eigenvalue weighted by atomic mass is 79.9. The molecule has 0 saturated heterocycles. The molecule has 0 saturated carbocycles. The van der Waals surface area contributed by atoms with E-state index in [0.29, 0.717) is 11.1 Å². The first kappa shape index (κ1) is 18.0. The second kappa shape index (κ2) is 8.49. The summed E-state index contributed by atoms with van der Waals surface area (Å²) in [6, 6.07) is 12.4. The smallest absolute Gasteiger partial charge is 0.271 e. The zero-order valence-electron chi connectivity index (χ0n) is 13.7. The Morgan fingerprint density at radius 2 is 2.00 bits per heavy atom. The average molecular weight is 390 g/mol. The van der Waals surface area contributed by atoms with Crippen molar-refractivity contribution in [3.8, 4) is 5.75 Å². The molecule has 2 rings (SSSR count). The summed E-state index contributed by atoms with van der Waals surface area (Å²) in [5.41, 5.74) is 4.45. The lowest BCUT2D eigenvalue weighted by Crippen LogP contribution is -2.21. The number of nitrogens with zero attached hydrogens (tertiary/aromatic N) is 2. The number of hydrogen-bond acceptors (Lipinski definition) is 4. The Bertz CT molecular complexity index is 743. The van der Waals surface area contributed by atoms with Crippen molar-refractivity contribution in [1.29, 1.82) is 0 Å². The van der Waals surface area contributed by atoms with Gasteiger partial charge in [0.25, 0.3) is 5.91 Å². The fourth-order valence-electron chi connectivity index (χ4n) is 2.28. The Morgan fingerprint density at radius 3 is 2.62 bits per heavy atom. The first-order chi connectivity index (χ1) is 11.5. The van der Waals surface area contributed by atoms with Crippen molar-refractivity contribution in [2.45, 2.75) is 13.8 Å². The van der Waals surface area contributed by atoms with E-state index in [4.69, 9.17) is 0 Å². The van der Waals surface area contributed by atoms with E-state index in [2.05, 4.69) is 45.2 Å². The van der Waals surface area contributed by atoms with Crippen LogP contribution in [-0.4, -0.2) is 30.3 Å². The number of carbonyl (C=O) groups is 1. The van der Waals surface area contributed by atoms with Crippen LogP contribution in [0, 0.1) is 0 Å². The van der Waals surface area contributed by atoms with Crippen molar-refractivity contribution < 1.29 is 9.90 Å². The molecule has 6 heteroatoms. The Balaban J connectivity index is 2.05. The Labute approximate surface area is 150 Å². The van der Waals surface area contributed by atoms with Gasteiger partial charge >= 0.3 is 0 Å². The number of halogens is 1. The van der Waals surface area contributed by atoms with Crippen molar-refractivity contribution in [2.24, 2.45) is 5.10 Å². The predicted octanol–water partition coefficient (Wildman–Crippen LogP) is 3.76. The van der Waals surface area contributed by atoms with Gasteiger partial charge in [-0.25, -0.2) is 5.43 Å². The molecule has 5 nitrogen and oxygen atoms in total. The standard InChI is InChI=1S/C18H20BrN3O2/c1-3-22(4-2)16-9-8-14(17(23)11-16)12-20-21-18(24)13-6-5-7-15(19)10-13/h5-12,23H,3-4H2,1-2H3,(H,21,24). The van der Waals surface area contributed by atoms with Crippen LogP contribution in [0.3, 0.4) is 0 Å². The number of rotatable bonds is 6. The van der Waals surface area contributed by atoms with Gasteiger partial charge in [0.15, 0.2) is 0 Å². The maximum atomic E-state index is 12.0. The average Bonchev–Trinajstić information content (AvgIpc) is 2.57. The van der Waals surface area contributed by atoms with Gasteiger partial charge in [-0.2, -0.15) is 5.10 Å². The molecule has 0 atom stereocenters. The normalized spacial score (nSPS) is 10.8. The maximum absolute atomic E-state index is 12.0. The number of phenolic OH excluding ortho intramolecular Hbond substituents is 1. The minimum Gasteiger partial charge on any atom is -0.507 e. The van der Waals surface area contributed by atoms with E-state index in [1.165, 1.54) is 6.21 Å². The molecule has 0 aliphatic carbocycles. The van der Waals surface area contributed by atoms with E-state index in [0.717, 1.165) is 23.2 Å². The van der Waals surface area contributed by atoms with E-state index >= 15 is 0 Å².